The molecule has 0 rings (SSSR count). The Hall–Kier alpha value is 0.151. The van der Waals surface area contributed by atoms with Gasteiger partial charge >= 0.3 is 0 Å². The fourth-order valence-corrected chi connectivity index (χ4v) is 8.08. The van der Waals surface area contributed by atoms with Crippen molar-refractivity contribution >= 4 is 26.2 Å². The van der Waals surface area contributed by atoms with Crippen molar-refractivity contribution in [1.82, 2.24) is 0 Å². The maximum absolute atomic E-state index is 6.31. The van der Waals surface area contributed by atoms with Crippen molar-refractivity contribution < 1.29 is 8.85 Å². The lowest BCUT2D eigenvalue weighted by atomic mass is 10.5. The van der Waals surface area contributed by atoms with Crippen molar-refractivity contribution in [2.24, 2.45) is 0 Å². The molecule has 1 unspecified atom stereocenters. The summed E-state index contributed by atoms with van der Waals surface area (Å²) in [4.78, 5) is 0. The van der Waals surface area contributed by atoms with Crippen LogP contribution in [-0.4, -0.2) is 31.9 Å². The first-order valence-corrected chi connectivity index (χ1v) is 14.9. The van der Waals surface area contributed by atoms with Gasteiger partial charge in [-0.25, -0.2) is 0 Å². The van der Waals surface area contributed by atoms with E-state index in [1.165, 1.54) is 0 Å². The van der Waals surface area contributed by atoms with Crippen LogP contribution in [0.25, 0.3) is 0 Å². The molecule has 2 nitrogen and oxygen atoms in total. The van der Waals surface area contributed by atoms with Gasteiger partial charge in [0, 0.05) is 5.73 Å². The van der Waals surface area contributed by atoms with E-state index in [1.54, 1.807) is 0 Å². The summed E-state index contributed by atoms with van der Waals surface area (Å²) in [5.74, 6) is 0. The van der Waals surface area contributed by atoms with E-state index in [-0.39, 0.29) is 0 Å². The Kier molecular flexibility index (Phi) is 6.85. The second-order valence-corrected chi connectivity index (χ2v) is 14.8. The maximum Gasteiger partial charge on any atom is 0.253 e. The highest BCUT2D eigenvalue weighted by molar-refractivity contribution is 6.79. The summed E-state index contributed by atoms with van der Waals surface area (Å²) in [6, 6.07) is 0. The Morgan fingerprint density at radius 2 is 1.75 bits per heavy atom. The van der Waals surface area contributed by atoms with Crippen LogP contribution in [0.1, 0.15) is 13.3 Å². The number of hydrogen-bond acceptors (Lipinski definition) is 2. The Labute approximate surface area is 106 Å². The second kappa shape index (κ2) is 6.78. The molecule has 0 aliphatic rings. The van der Waals surface area contributed by atoms with Gasteiger partial charge in [0.1, 0.15) is 0 Å². The molecule has 0 N–H and O–H groups in total. The number of rotatable bonds is 7. The highest BCUT2D eigenvalue weighted by Crippen LogP contribution is 2.21. The Balaban J connectivity index is 4.47. The molecule has 0 aromatic heterocycles. The Bertz CT molecular complexity index is 227. The number of hydrogen-bond donors (Lipinski definition) is 0. The SMILES string of the molecule is C=C(O[SiH](C)C)[Si](C)(C)OC(CC)[SiH](C)C. The molecular formula is C11H28O2Si3. The molecule has 0 fully saturated rings. The van der Waals surface area contributed by atoms with E-state index in [0.717, 1.165) is 11.8 Å². The van der Waals surface area contributed by atoms with Gasteiger partial charge in [-0.05, 0) is 32.6 Å². The summed E-state index contributed by atoms with van der Waals surface area (Å²) in [6.45, 7) is 19.7. The molecule has 0 aliphatic carbocycles. The zero-order valence-corrected chi connectivity index (χ0v) is 15.3. The van der Waals surface area contributed by atoms with Crippen LogP contribution < -0.4 is 0 Å². The Morgan fingerprint density at radius 1 is 1.25 bits per heavy atom. The molecule has 0 amide bonds. The van der Waals surface area contributed by atoms with Gasteiger partial charge < -0.3 is 8.85 Å². The van der Waals surface area contributed by atoms with Crippen molar-refractivity contribution in [3.8, 4) is 0 Å². The van der Waals surface area contributed by atoms with E-state index in [0.29, 0.717) is 5.73 Å². The quantitative estimate of drug-likeness (QED) is 0.525. The van der Waals surface area contributed by atoms with Crippen molar-refractivity contribution in [2.75, 3.05) is 0 Å². The fourth-order valence-electron chi connectivity index (χ4n) is 1.56. The average molecular weight is 277 g/mol. The monoisotopic (exact) mass is 276 g/mol. The molecule has 0 radical (unpaired) electrons. The van der Waals surface area contributed by atoms with Crippen LogP contribution in [0.3, 0.4) is 0 Å². The molecular weight excluding hydrogens is 248 g/mol. The molecule has 0 aromatic carbocycles. The lowest BCUT2D eigenvalue weighted by molar-refractivity contribution is 0.253. The lowest BCUT2D eigenvalue weighted by Crippen LogP contribution is -2.43. The smallest absolute Gasteiger partial charge is 0.253 e. The molecule has 0 spiro atoms. The van der Waals surface area contributed by atoms with Gasteiger partial charge in [-0.2, -0.15) is 0 Å². The molecule has 1 atom stereocenters. The van der Waals surface area contributed by atoms with E-state index in [9.17, 15) is 0 Å². The summed E-state index contributed by atoms with van der Waals surface area (Å²) in [5.41, 5.74) is 0.468. The predicted molar refractivity (Wildman–Crippen MR) is 80.6 cm³/mol. The standard InChI is InChI=1S/C11H28O2Si3/c1-9-11(14(3)4)13-16(7,8)10(2)12-15(5)6/h11,14-15H,2,9H2,1,3-8H3. The van der Waals surface area contributed by atoms with Gasteiger partial charge in [-0.3, -0.25) is 0 Å². The lowest BCUT2D eigenvalue weighted by Gasteiger charge is -2.32. The van der Waals surface area contributed by atoms with Crippen molar-refractivity contribution in [1.29, 1.82) is 0 Å². The normalized spacial score (nSPS) is 14.3. The first-order valence-electron chi connectivity index (χ1n) is 6.24. The van der Waals surface area contributed by atoms with Gasteiger partial charge in [0.15, 0.2) is 0 Å². The molecule has 0 aliphatic heterocycles. The first kappa shape index (κ1) is 16.2. The van der Waals surface area contributed by atoms with E-state index in [4.69, 9.17) is 8.85 Å². The molecule has 5 heteroatoms. The molecule has 0 heterocycles. The van der Waals surface area contributed by atoms with E-state index in [1.807, 2.05) is 0 Å². The van der Waals surface area contributed by atoms with Crippen LogP contribution in [0.4, 0.5) is 0 Å². The van der Waals surface area contributed by atoms with E-state index < -0.39 is 26.2 Å². The summed E-state index contributed by atoms with van der Waals surface area (Å²) >= 11 is 0. The van der Waals surface area contributed by atoms with E-state index >= 15 is 0 Å². The maximum atomic E-state index is 6.31. The minimum Gasteiger partial charge on any atom is -0.552 e. The summed E-state index contributed by atoms with van der Waals surface area (Å²) < 4.78 is 12.1. The zero-order valence-electron chi connectivity index (χ0n) is 12.0. The highest BCUT2D eigenvalue weighted by Gasteiger charge is 2.32. The van der Waals surface area contributed by atoms with E-state index in [2.05, 4.69) is 52.8 Å². The van der Waals surface area contributed by atoms with Crippen LogP contribution >= 0.6 is 0 Å². The van der Waals surface area contributed by atoms with Crippen molar-refractivity contribution in [2.45, 2.75) is 58.4 Å². The predicted octanol–water partition coefficient (Wildman–Crippen LogP) is 3.07. The first-order chi connectivity index (χ1) is 7.20. The third-order valence-corrected chi connectivity index (χ3v) is 8.35. The third-order valence-electron chi connectivity index (χ3n) is 2.64. The van der Waals surface area contributed by atoms with Crippen LogP contribution in [-0.2, 0) is 8.85 Å². The summed E-state index contributed by atoms with van der Waals surface area (Å²) in [6.07, 6.45) is 1.12. The summed E-state index contributed by atoms with van der Waals surface area (Å²) in [5, 5.41) is 0.933. The molecule has 0 aromatic rings. The van der Waals surface area contributed by atoms with Crippen LogP contribution in [0.2, 0.25) is 39.3 Å². The third kappa shape index (κ3) is 5.47. The molecule has 16 heavy (non-hydrogen) atoms. The van der Waals surface area contributed by atoms with Crippen molar-refractivity contribution in [3.05, 3.63) is 12.0 Å². The van der Waals surface area contributed by atoms with Gasteiger partial charge in [0.05, 0.1) is 14.2 Å². The van der Waals surface area contributed by atoms with Gasteiger partial charge in [-0.1, -0.05) is 26.6 Å². The topological polar surface area (TPSA) is 18.5 Å². The fraction of sp³-hybridized carbons (Fsp3) is 0.818. The summed E-state index contributed by atoms with van der Waals surface area (Å²) in [7, 11) is -3.64. The zero-order chi connectivity index (χ0) is 12.9. The minimum absolute atomic E-state index is 0.468. The highest BCUT2D eigenvalue weighted by atomic mass is 28.4. The Morgan fingerprint density at radius 3 is 2.06 bits per heavy atom. The average Bonchev–Trinajstić information content (AvgIpc) is 2.12. The van der Waals surface area contributed by atoms with Crippen LogP contribution in [0.5, 0.6) is 0 Å². The molecule has 96 valence electrons. The second-order valence-electron chi connectivity index (χ2n) is 5.41. The van der Waals surface area contributed by atoms with Gasteiger partial charge in [-0.15, -0.1) is 0 Å². The van der Waals surface area contributed by atoms with Gasteiger partial charge in [0.2, 0.25) is 9.04 Å². The molecule has 0 saturated carbocycles. The largest absolute Gasteiger partial charge is 0.552 e. The molecule has 0 bridgehead atoms. The van der Waals surface area contributed by atoms with Crippen LogP contribution in [0.15, 0.2) is 12.0 Å². The molecule has 0 saturated heterocycles. The van der Waals surface area contributed by atoms with Gasteiger partial charge in [0.25, 0.3) is 8.32 Å². The minimum atomic E-state index is -1.86. The van der Waals surface area contributed by atoms with Crippen LogP contribution in [0, 0.1) is 0 Å². The van der Waals surface area contributed by atoms with Crippen molar-refractivity contribution in [3.63, 3.8) is 0 Å².